The lowest BCUT2D eigenvalue weighted by Gasteiger charge is -2.42. The second kappa shape index (κ2) is 16.0. The van der Waals surface area contributed by atoms with Crippen molar-refractivity contribution >= 4 is 34.6 Å². The van der Waals surface area contributed by atoms with E-state index in [9.17, 15) is 19.2 Å². The van der Waals surface area contributed by atoms with Gasteiger partial charge in [-0.3, -0.25) is 14.4 Å². The number of ether oxygens (including phenoxy) is 1. The Morgan fingerprint density at radius 1 is 0.784 bits per heavy atom. The van der Waals surface area contributed by atoms with Gasteiger partial charge in [-0.2, -0.15) is 0 Å². The highest BCUT2D eigenvalue weighted by molar-refractivity contribution is 5.99. The van der Waals surface area contributed by atoms with Crippen LogP contribution in [0.15, 0.2) is 146 Å². The van der Waals surface area contributed by atoms with Gasteiger partial charge in [0.05, 0.1) is 19.1 Å². The van der Waals surface area contributed by atoms with Gasteiger partial charge in [0, 0.05) is 35.0 Å². The van der Waals surface area contributed by atoms with Gasteiger partial charge in [-0.1, -0.05) is 121 Å². The highest BCUT2D eigenvalue weighted by atomic mass is 16.5. The van der Waals surface area contributed by atoms with Crippen molar-refractivity contribution in [2.24, 2.45) is 5.92 Å². The second-order valence-corrected chi connectivity index (χ2v) is 12.5. The molecule has 9 nitrogen and oxygen atoms in total. The van der Waals surface area contributed by atoms with Gasteiger partial charge >= 0.3 is 5.97 Å². The third-order valence-electron chi connectivity index (χ3n) is 9.28. The Bertz CT molecular complexity index is 2000. The first-order valence-corrected chi connectivity index (χ1v) is 16.9. The van der Waals surface area contributed by atoms with Crippen LogP contribution in [0.4, 0.5) is 0 Å². The fourth-order valence-electron chi connectivity index (χ4n) is 6.76. The monoisotopic (exact) mass is 680 g/mol. The number of nitrogens with one attached hydrogen (secondary N) is 4. The molecule has 1 aromatic heterocycles. The highest BCUT2D eigenvalue weighted by Gasteiger charge is 2.43. The van der Waals surface area contributed by atoms with Gasteiger partial charge in [-0.25, -0.2) is 4.79 Å². The number of H-pyrrole nitrogens is 1. The van der Waals surface area contributed by atoms with Gasteiger partial charge in [-0.05, 0) is 41.3 Å². The fraction of sp³-hybridized carbons (Fsp3) is 0.190. The van der Waals surface area contributed by atoms with Gasteiger partial charge in [0.25, 0.3) is 5.91 Å². The molecule has 5 aromatic rings. The van der Waals surface area contributed by atoms with Gasteiger partial charge < -0.3 is 25.7 Å². The quantitative estimate of drug-likeness (QED) is 0.118. The Morgan fingerprint density at radius 2 is 1.41 bits per heavy atom. The molecule has 258 valence electrons. The standard InChI is InChI=1S/C42H40N4O5/c1-51-41(50)37(27-38(47)46-42(31-18-8-3-9-19-31,32-20-10-4-11-21-32)33-22-12-5-13-23-33)45-40(49)36(44-39(48)29-16-6-2-7-17-29)26-30-28-43-35-25-15-14-24-34(30)35/h2-22,24-25,28,33,36-37,43H,23,26-27H2,1H3,(H,44,48)(H,45,49)(H,46,47)/t33?,36-,37?/m0/s1. The Hall–Kier alpha value is -6.22. The molecule has 3 atom stereocenters. The number of carbonyl (C=O) groups is 4. The summed E-state index contributed by atoms with van der Waals surface area (Å²) < 4.78 is 5.08. The van der Waals surface area contributed by atoms with E-state index in [1.807, 2.05) is 97.1 Å². The van der Waals surface area contributed by atoms with Crippen LogP contribution in [0.5, 0.6) is 0 Å². The van der Waals surface area contributed by atoms with E-state index in [4.69, 9.17) is 4.74 Å². The molecule has 4 N–H and O–H groups in total. The molecule has 1 aliphatic rings. The van der Waals surface area contributed by atoms with Crippen molar-refractivity contribution < 1.29 is 23.9 Å². The first-order chi connectivity index (χ1) is 24.9. The average molecular weight is 681 g/mol. The number of allylic oxidation sites excluding steroid dienone is 3. The number of benzene rings is 4. The number of methoxy groups -OCH3 is 1. The molecule has 1 heterocycles. The molecule has 4 aromatic carbocycles. The van der Waals surface area contributed by atoms with E-state index < -0.39 is 47.7 Å². The summed E-state index contributed by atoms with van der Waals surface area (Å²) in [5, 5.41) is 9.78. The fourth-order valence-corrected chi connectivity index (χ4v) is 6.76. The maximum Gasteiger partial charge on any atom is 0.328 e. The van der Waals surface area contributed by atoms with Crippen molar-refractivity contribution in [3.8, 4) is 0 Å². The van der Waals surface area contributed by atoms with Crippen molar-refractivity contribution in [3.05, 3.63) is 168 Å². The summed E-state index contributed by atoms with van der Waals surface area (Å²) in [6, 6.07) is 33.3. The van der Waals surface area contributed by atoms with Gasteiger partial charge in [-0.15, -0.1) is 0 Å². The number of amides is 3. The van der Waals surface area contributed by atoms with Gasteiger partial charge in [0.1, 0.15) is 12.1 Å². The van der Waals surface area contributed by atoms with Crippen LogP contribution in [0.1, 0.15) is 39.9 Å². The van der Waals surface area contributed by atoms with Crippen LogP contribution in [0.3, 0.4) is 0 Å². The van der Waals surface area contributed by atoms with Crippen LogP contribution in [0.25, 0.3) is 10.9 Å². The number of aromatic nitrogens is 1. The molecule has 0 saturated heterocycles. The Balaban J connectivity index is 1.29. The predicted molar refractivity (Wildman–Crippen MR) is 196 cm³/mol. The number of esters is 1. The number of para-hydroxylation sites is 1. The minimum Gasteiger partial charge on any atom is -0.467 e. The summed E-state index contributed by atoms with van der Waals surface area (Å²) in [6.07, 6.45) is 10.3. The van der Waals surface area contributed by atoms with E-state index in [1.165, 1.54) is 7.11 Å². The van der Waals surface area contributed by atoms with Crippen LogP contribution in [0, 0.1) is 5.92 Å². The maximum absolute atomic E-state index is 14.2. The van der Waals surface area contributed by atoms with E-state index in [1.54, 1.807) is 36.5 Å². The molecule has 9 heteroatoms. The van der Waals surface area contributed by atoms with Gasteiger partial charge in [0.2, 0.25) is 11.8 Å². The van der Waals surface area contributed by atoms with Crippen molar-refractivity contribution in [2.45, 2.75) is 36.9 Å². The number of fused-ring (bicyclic) bond motifs is 1. The first kappa shape index (κ1) is 34.6. The Morgan fingerprint density at radius 3 is 2.04 bits per heavy atom. The topological polar surface area (TPSA) is 129 Å². The van der Waals surface area contributed by atoms with Crippen molar-refractivity contribution in [2.75, 3.05) is 7.11 Å². The molecule has 0 radical (unpaired) electrons. The minimum atomic E-state index is -1.34. The van der Waals surface area contributed by atoms with E-state index in [0.717, 1.165) is 27.6 Å². The second-order valence-electron chi connectivity index (χ2n) is 12.5. The summed E-state index contributed by atoms with van der Waals surface area (Å²) in [7, 11) is 1.21. The summed E-state index contributed by atoms with van der Waals surface area (Å²) in [4.78, 5) is 58.0. The van der Waals surface area contributed by atoms with Crippen molar-refractivity contribution in [3.63, 3.8) is 0 Å². The first-order valence-electron chi connectivity index (χ1n) is 16.9. The van der Waals surface area contributed by atoms with Crippen LogP contribution in [-0.4, -0.2) is 47.9 Å². The molecule has 51 heavy (non-hydrogen) atoms. The van der Waals surface area contributed by atoms with E-state index in [-0.39, 0.29) is 12.3 Å². The Kier molecular flexibility index (Phi) is 10.9. The molecular weight excluding hydrogens is 640 g/mol. The third kappa shape index (κ3) is 7.83. The Labute approximate surface area is 296 Å². The molecule has 0 spiro atoms. The van der Waals surface area contributed by atoms with Crippen LogP contribution in [-0.2, 0) is 31.1 Å². The molecule has 2 unspecified atom stereocenters. The zero-order valence-electron chi connectivity index (χ0n) is 28.3. The smallest absolute Gasteiger partial charge is 0.328 e. The SMILES string of the molecule is COC(=O)C(CC(=O)NC(c1ccccc1)(c1ccccc1)C1C=CC=CC1)NC(=O)[C@H](Cc1c[nH]c2ccccc12)NC(=O)c1ccccc1. The normalized spacial score (nSPS) is 15.0. The number of hydrogen-bond acceptors (Lipinski definition) is 5. The van der Waals surface area contributed by atoms with Gasteiger partial charge in [0.15, 0.2) is 0 Å². The van der Waals surface area contributed by atoms with Crippen LogP contribution < -0.4 is 16.0 Å². The predicted octanol–water partition coefficient (Wildman–Crippen LogP) is 5.75. The summed E-state index contributed by atoms with van der Waals surface area (Å²) >= 11 is 0. The van der Waals surface area contributed by atoms with E-state index >= 15 is 0 Å². The number of aromatic amines is 1. The zero-order valence-corrected chi connectivity index (χ0v) is 28.3. The maximum atomic E-state index is 14.2. The third-order valence-corrected chi connectivity index (χ3v) is 9.28. The van der Waals surface area contributed by atoms with E-state index in [0.29, 0.717) is 12.0 Å². The van der Waals surface area contributed by atoms with Crippen LogP contribution in [0.2, 0.25) is 0 Å². The largest absolute Gasteiger partial charge is 0.467 e. The molecule has 3 amide bonds. The lowest BCUT2D eigenvalue weighted by Crippen LogP contribution is -2.56. The van der Waals surface area contributed by atoms with E-state index in [2.05, 4.69) is 33.1 Å². The number of hydrogen-bond donors (Lipinski definition) is 4. The number of carbonyl (C=O) groups excluding carboxylic acids is 4. The molecule has 6 rings (SSSR count). The highest BCUT2D eigenvalue weighted by Crippen LogP contribution is 2.41. The summed E-state index contributed by atoms with van der Waals surface area (Å²) in [5.41, 5.74) is 2.81. The lowest BCUT2D eigenvalue weighted by molar-refractivity contribution is -0.147. The zero-order chi connectivity index (χ0) is 35.6. The molecule has 0 aliphatic heterocycles. The molecule has 0 saturated carbocycles. The number of rotatable bonds is 13. The molecular formula is C42H40N4O5. The van der Waals surface area contributed by atoms with Crippen LogP contribution >= 0.6 is 0 Å². The average Bonchev–Trinajstić information content (AvgIpc) is 3.60. The van der Waals surface area contributed by atoms with Crippen molar-refractivity contribution in [1.29, 1.82) is 0 Å². The molecule has 0 fully saturated rings. The van der Waals surface area contributed by atoms with Crippen molar-refractivity contribution in [1.82, 2.24) is 20.9 Å². The minimum absolute atomic E-state index is 0.126. The molecule has 1 aliphatic carbocycles. The summed E-state index contributed by atoms with van der Waals surface area (Å²) in [6.45, 7) is 0. The molecule has 0 bridgehead atoms. The lowest BCUT2D eigenvalue weighted by atomic mass is 9.70. The summed E-state index contributed by atoms with van der Waals surface area (Å²) in [5.74, 6) is -2.50.